The molecular weight excluding hydrogens is 312 g/mol. The van der Waals surface area contributed by atoms with Crippen LogP contribution in [-0.2, 0) is 11.2 Å². The summed E-state index contributed by atoms with van der Waals surface area (Å²) >= 11 is 0. The Kier molecular flexibility index (Phi) is 6.34. The SMILES string of the molecule is CC(C)(C)N(NC(=O)c1ccccc1)C(=O)CCCc1ccccc1. The van der Waals surface area contributed by atoms with E-state index >= 15 is 0 Å². The van der Waals surface area contributed by atoms with Gasteiger partial charge < -0.3 is 0 Å². The van der Waals surface area contributed by atoms with Crippen LogP contribution in [0.2, 0.25) is 0 Å². The summed E-state index contributed by atoms with van der Waals surface area (Å²) in [4.78, 5) is 25.1. The maximum Gasteiger partial charge on any atom is 0.269 e. The number of nitrogens with one attached hydrogen (secondary N) is 1. The smallest absolute Gasteiger partial charge is 0.269 e. The topological polar surface area (TPSA) is 49.4 Å². The van der Waals surface area contributed by atoms with Crippen molar-refractivity contribution in [2.24, 2.45) is 0 Å². The van der Waals surface area contributed by atoms with Crippen molar-refractivity contribution in [2.45, 2.75) is 45.6 Å². The first-order chi connectivity index (χ1) is 11.9. The van der Waals surface area contributed by atoms with Crippen molar-refractivity contribution in [2.75, 3.05) is 0 Å². The summed E-state index contributed by atoms with van der Waals surface area (Å²) < 4.78 is 0. The Morgan fingerprint density at radius 2 is 1.48 bits per heavy atom. The van der Waals surface area contributed by atoms with Crippen LogP contribution in [0.5, 0.6) is 0 Å². The summed E-state index contributed by atoms with van der Waals surface area (Å²) in [6.45, 7) is 5.73. The molecule has 0 saturated heterocycles. The number of amides is 2. The van der Waals surface area contributed by atoms with Gasteiger partial charge in [0.05, 0.1) is 5.54 Å². The second-order valence-corrected chi connectivity index (χ2v) is 7.05. The van der Waals surface area contributed by atoms with Crippen LogP contribution in [0, 0.1) is 0 Å². The number of carbonyl (C=O) groups is 2. The maximum absolute atomic E-state index is 12.7. The van der Waals surface area contributed by atoms with Gasteiger partial charge in [0.1, 0.15) is 0 Å². The molecule has 0 atom stereocenters. The number of carbonyl (C=O) groups excluding carboxylic acids is 2. The van der Waals surface area contributed by atoms with Gasteiger partial charge in [0.2, 0.25) is 5.91 Å². The van der Waals surface area contributed by atoms with Gasteiger partial charge in [0.15, 0.2) is 0 Å². The first kappa shape index (κ1) is 18.7. The van der Waals surface area contributed by atoms with Gasteiger partial charge in [-0.05, 0) is 51.3 Å². The summed E-state index contributed by atoms with van der Waals surface area (Å²) in [6, 6.07) is 19.0. The van der Waals surface area contributed by atoms with Gasteiger partial charge in [-0.15, -0.1) is 0 Å². The van der Waals surface area contributed by atoms with Gasteiger partial charge in [-0.3, -0.25) is 15.0 Å². The normalized spacial score (nSPS) is 11.0. The largest absolute Gasteiger partial charge is 0.273 e. The molecule has 0 saturated carbocycles. The molecule has 0 aliphatic carbocycles. The van der Waals surface area contributed by atoms with Gasteiger partial charge in [0.25, 0.3) is 5.91 Å². The third-order valence-electron chi connectivity index (χ3n) is 3.87. The van der Waals surface area contributed by atoms with Crippen molar-refractivity contribution in [1.29, 1.82) is 0 Å². The lowest BCUT2D eigenvalue weighted by Crippen LogP contribution is -2.55. The average Bonchev–Trinajstić information content (AvgIpc) is 2.60. The molecule has 0 aromatic heterocycles. The van der Waals surface area contributed by atoms with Crippen molar-refractivity contribution in [3.8, 4) is 0 Å². The lowest BCUT2D eigenvalue weighted by Gasteiger charge is -2.35. The van der Waals surface area contributed by atoms with Crippen LogP contribution in [0.1, 0.15) is 49.5 Å². The molecule has 2 aromatic rings. The Bertz CT molecular complexity index is 691. The zero-order chi connectivity index (χ0) is 18.3. The van der Waals surface area contributed by atoms with Gasteiger partial charge in [-0.2, -0.15) is 0 Å². The van der Waals surface area contributed by atoms with E-state index in [0.29, 0.717) is 12.0 Å². The average molecular weight is 338 g/mol. The van der Waals surface area contributed by atoms with Crippen LogP contribution in [0.4, 0.5) is 0 Å². The number of hydrogen-bond acceptors (Lipinski definition) is 2. The van der Waals surface area contributed by atoms with Gasteiger partial charge in [-0.25, -0.2) is 5.01 Å². The van der Waals surface area contributed by atoms with Crippen LogP contribution in [0.3, 0.4) is 0 Å². The second kappa shape index (κ2) is 8.47. The Balaban J connectivity index is 1.97. The third-order valence-corrected chi connectivity index (χ3v) is 3.87. The summed E-state index contributed by atoms with van der Waals surface area (Å²) in [5.74, 6) is -0.348. The van der Waals surface area contributed by atoms with Crippen LogP contribution in [0.25, 0.3) is 0 Å². The molecule has 4 nitrogen and oxygen atoms in total. The highest BCUT2D eigenvalue weighted by molar-refractivity contribution is 5.95. The molecule has 0 fully saturated rings. The standard InChI is InChI=1S/C21H26N2O2/c1-21(2,3)23(22-20(25)18-14-8-5-9-15-18)19(24)16-10-13-17-11-6-4-7-12-17/h4-9,11-12,14-15H,10,13,16H2,1-3H3,(H,22,25). The monoisotopic (exact) mass is 338 g/mol. The van der Waals surface area contributed by atoms with E-state index in [2.05, 4.69) is 17.6 Å². The van der Waals surface area contributed by atoms with Crippen LogP contribution < -0.4 is 5.43 Å². The Hall–Kier alpha value is -2.62. The van der Waals surface area contributed by atoms with E-state index in [1.165, 1.54) is 10.6 Å². The highest BCUT2D eigenvalue weighted by Gasteiger charge is 2.28. The molecule has 2 rings (SSSR count). The molecule has 0 bridgehead atoms. The number of aryl methyl sites for hydroxylation is 1. The first-order valence-corrected chi connectivity index (χ1v) is 8.61. The van der Waals surface area contributed by atoms with Crippen molar-refractivity contribution in [3.63, 3.8) is 0 Å². The molecule has 0 aliphatic rings. The number of rotatable bonds is 5. The highest BCUT2D eigenvalue weighted by Crippen LogP contribution is 2.15. The fraction of sp³-hybridized carbons (Fsp3) is 0.333. The summed E-state index contributed by atoms with van der Waals surface area (Å²) in [6.07, 6.45) is 1.98. The van der Waals surface area contributed by atoms with E-state index in [1.54, 1.807) is 24.3 Å². The van der Waals surface area contributed by atoms with E-state index in [-0.39, 0.29) is 11.8 Å². The third kappa shape index (κ3) is 5.75. The predicted molar refractivity (Wildman–Crippen MR) is 99.9 cm³/mol. The van der Waals surface area contributed by atoms with E-state index in [1.807, 2.05) is 45.0 Å². The lowest BCUT2D eigenvalue weighted by atomic mass is 10.1. The van der Waals surface area contributed by atoms with Crippen molar-refractivity contribution in [1.82, 2.24) is 10.4 Å². The minimum atomic E-state index is -0.492. The zero-order valence-electron chi connectivity index (χ0n) is 15.2. The second-order valence-electron chi connectivity index (χ2n) is 7.05. The van der Waals surface area contributed by atoms with E-state index < -0.39 is 5.54 Å². The van der Waals surface area contributed by atoms with Crippen LogP contribution in [-0.4, -0.2) is 22.4 Å². The van der Waals surface area contributed by atoms with Crippen molar-refractivity contribution in [3.05, 3.63) is 71.8 Å². The number of hydrazine groups is 1. The van der Waals surface area contributed by atoms with E-state index in [9.17, 15) is 9.59 Å². The fourth-order valence-corrected chi connectivity index (χ4v) is 2.56. The van der Waals surface area contributed by atoms with Gasteiger partial charge in [-0.1, -0.05) is 48.5 Å². The summed E-state index contributed by atoms with van der Waals surface area (Å²) in [5, 5.41) is 1.45. The molecule has 0 radical (unpaired) electrons. The molecule has 0 unspecified atom stereocenters. The first-order valence-electron chi connectivity index (χ1n) is 8.61. The number of hydrogen-bond donors (Lipinski definition) is 1. The summed E-state index contributed by atoms with van der Waals surface area (Å²) in [7, 11) is 0. The van der Waals surface area contributed by atoms with Crippen LogP contribution >= 0.6 is 0 Å². The maximum atomic E-state index is 12.7. The Morgan fingerprint density at radius 1 is 0.920 bits per heavy atom. The summed E-state index contributed by atoms with van der Waals surface area (Å²) in [5.41, 5.74) is 4.02. The van der Waals surface area contributed by atoms with Gasteiger partial charge in [0, 0.05) is 12.0 Å². The molecule has 2 aromatic carbocycles. The molecule has 0 aliphatic heterocycles. The lowest BCUT2D eigenvalue weighted by molar-refractivity contribution is -0.139. The minimum Gasteiger partial charge on any atom is -0.273 e. The molecule has 4 heteroatoms. The number of nitrogens with zero attached hydrogens (tertiary/aromatic N) is 1. The number of benzene rings is 2. The molecule has 132 valence electrons. The molecule has 0 heterocycles. The van der Waals surface area contributed by atoms with E-state index in [4.69, 9.17) is 0 Å². The Morgan fingerprint density at radius 3 is 2.04 bits per heavy atom. The van der Waals surface area contributed by atoms with Gasteiger partial charge >= 0.3 is 0 Å². The van der Waals surface area contributed by atoms with Crippen molar-refractivity contribution < 1.29 is 9.59 Å². The molecule has 2 amide bonds. The molecule has 0 spiro atoms. The van der Waals surface area contributed by atoms with E-state index in [0.717, 1.165) is 12.8 Å². The predicted octanol–water partition coefficient (Wildman–Crippen LogP) is 3.98. The molecular formula is C21H26N2O2. The van der Waals surface area contributed by atoms with Crippen molar-refractivity contribution >= 4 is 11.8 Å². The highest BCUT2D eigenvalue weighted by atomic mass is 16.2. The molecule has 25 heavy (non-hydrogen) atoms. The fourth-order valence-electron chi connectivity index (χ4n) is 2.56. The zero-order valence-corrected chi connectivity index (χ0v) is 15.2. The Labute approximate surface area is 149 Å². The minimum absolute atomic E-state index is 0.0762. The van der Waals surface area contributed by atoms with Crippen LogP contribution in [0.15, 0.2) is 60.7 Å². The molecule has 1 N–H and O–H groups in total. The quantitative estimate of drug-likeness (QED) is 0.838.